The highest BCUT2D eigenvalue weighted by Gasteiger charge is 2.19. The summed E-state index contributed by atoms with van der Waals surface area (Å²) in [6.45, 7) is 5.84. The lowest BCUT2D eigenvalue weighted by atomic mass is 10.00. The van der Waals surface area contributed by atoms with Crippen LogP contribution in [0, 0.1) is 0 Å². The normalized spacial score (nSPS) is 23.2. The van der Waals surface area contributed by atoms with Crippen LogP contribution in [0.25, 0.3) is 0 Å². The van der Waals surface area contributed by atoms with Crippen LogP contribution in [0.1, 0.15) is 32.6 Å². The van der Waals surface area contributed by atoms with Gasteiger partial charge in [-0.15, -0.1) is 0 Å². The van der Waals surface area contributed by atoms with E-state index in [0.717, 1.165) is 13.1 Å². The molecule has 1 saturated heterocycles. The molecule has 0 radical (unpaired) electrons. The van der Waals surface area contributed by atoms with Gasteiger partial charge in [0.2, 0.25) is 0 Å². The van der Waals surface area contributed by atoms with E-state index < -0.39 is 0 Å². The largest absolute Gasteiger partial charge is 0.409 e. The molecule has 1 heterocycles. The molecule has 1 fully saturated rings. The zero-order valence-electron chi connectivity index (χ0n) is 11.1. The second-order valence-electron chi connectivity index (χ2n) is 4.88. The fraction of sp³-hybridized carbons (Fsp3) is 0.917. The van der Waals surface area contributed by atoms with Gasteiger partial charge in [-0.05, 0) is 39.4 Å². The molecule has 0 amide bonds. The molecule has 0 aromatic carbocycles. The summed E-state index contributed by atoms with van der Waals surface area (Å²) in [5.74, 6) is 0.295. The highest BCUT2D eigenvalue weighted by molar-refractivity contribution is 5.81. The van der Waals surface area contributed by atoms with Crippen molar-refractivity contribution in [3.8, 4) is 0 Å². The van der Waals surface area contributed by atoms with Crippen molar-refractivity contribution in [2.75, 3.05) is 33.2 Å². The molecule has 0 saturated carbocycles. The maximum absolute atomic E-state index is 8.57. The van der Waals surface area contributed by atoms with Gasteiger partial charge in [0.15, 0.2) is 5.84 Å². The van der Waals surface area contributed by atoms with Gasteiger partial charge in [0.1, 0.15) is 0 Å². The van der Waals surface area contributed by atoms with Crippen molar-refractivity contribution in [1.82, 2.24) is 9.80 Å². The van der Waals surface area contributed by atoms with Gasteiger partial charge in [0.05, 0.1) is 6.54 Å². The molecular weight excluding hydrogens is 216 g/mol. The summed E-state index contributed by atoms with van der Waals surface area (Å²) in [5, 5.41) is 11.6. The second-order valence-corrected chi connectivity index (χ2v) is 4.88. The molecule has 0 aromatic heterocycles. The lowest BCUT2D eigenvalue weighted by molar-refractivity contribution is 0.159. The SMILES string of the molecule is CCN(CCC1CCCCN1C)CC(N)=NO. The van der Waals surface area contributed by atoms with E-state index in [1.165, 1.54) is 32.2 Å². The predicted octanol–water partition coefficient (Wildman–Crippen LogP) is 0.929. The fourth-order valence-electron chi connectivity index (χ4n) is 2.45. The lowest BCUT2D eigenvalue weighted by Gasteiger charge is -2.34. The van der Waals surface area contributed by atoms with Gasteiger partial charge in [-0.3, -0.25) is 4.90 Å². The standard InChI is InChI=1S/C12H26N4O/c1-3-16(10-12(13)14-17)9-7-11-6-4-5-8-15(11)2/h11,17H,3-10H2,1-2H3,(H2,13,14). The molecule has 1 aliphatic rings. The minimum Gasteiger partial charge on any atom is -0.409 e. The van der Waals surface area contributed by atoms with Crippen molar-refractivity contribution >= 4 is 5.84 Å². The number of oxime groups is 1. The molecule has 5 heteroatoms. The second kappa shape index (κ2) is 7.50. The Bertz CT molecular complexity index is 245. The zero-order valence-corrected chi connectivity index (χ0v) is 11.1. The lowest BCUT2D eigenvalue weighted by Crippen LogP contribution is -2.41. The molecule has 0 bridgehead atoms. The van der Waals surface area contributed by atoms with Crippen LogP contribution in [0.3, 0.4) is 0 Å². The number of rotatable bonds is 6. The first-order valence-electron chi connectivity index (χ1n) is 6.56. The van der Waals surface area contributed by atoms with Crippen LogP contribution in [-0.2, 0) is 0 Å². The zero-order chi connectivity index (χ0) is 12.7. The molecule has 100 valence electrons. The molecule has 0 aliphatic carbocycles. The van der Waals surface area contributed by atoms with E-state index in [0.29, 0.717) is 18.4 Å². The first-order valence-corrected chi connectivity index (χ1v) is 6.56. The summed E-state index contributed by atoms with van der Waals surface area (Å²) in [6.07, 6.45) is 5.15. The van der Waals surface area contributed by atoms with E-state index in [2.05, 4.69) is 28.9 Å². The number of likely N-dealkylation sites (tertiary alicyclic amines) is 1. The molecule has 1 rings (SSSR count). The van der Waals surface area contributed by atoms with Crippen LogP contribution in [-0.4, -0.2) is 60.1 Å². The number of nitrogens with zero attached hydrogens (tertiary/aromatic N) is 3. The van der Waals surface area contributed by atoms with E-state index in [-0.39, 0.29) is 0 Å². The number of amidine groups is 1. The molecule has 1 aliphatic heterocycles. The van der Waals surface area contributed by atoms with E-state index in [9.17, 15) is 0 Å². The predicted molar refractivity (Wildman–Crippen MR) is 70.4 cm³/mol. The quantitative estimate of drug-likeness (QED) is 0.315. The maximum Gasteiger partial charge on any atom is 0.153 e. The van der Waals surface area contributed by atoms with Crippen LogP contribution in [0.2, 0.25) is 0 Å². The molecule has 0 spiro atoms. The number of hydrogen-bond acceptors (Lipinski definition) is 4. The molecule has 5 nitrogen and oxygen atoms in total. The van der Waals surface area contributed by atoms with Crippen molar-refractivity contribution in [1.29, 1.82) is 0 Å². The van der Waals surface area contributed by atoms with Crippen LogP contribution in [0.15, 0.2) is 5.16 Å². The first kappa shape index (κ1) is 14.3. The van der Waals surface area contributed by atoms with Crippen molar-refractivity contribution < 1.29 is 5.21 Å². The van der Waals surface area contributed by atoms with Gasteiger partial charge in [0.25, 0.3) is 0 Å². The summed E-state index contributed by atoms with van der Waals surface area (Å²) < 4.78 is 0. The number of hydrogen-bond donors (Lipinski definition) is 2. The Hall–Kier alpha value is -0.810. The van der Waals surface area contributed by atoms with Crippen molar-refractivity contribution in [3.63, 3.8) is 0 Å². The summed E-state index contributed by atoms with van der Waals surface area (Å²) in [7, 11) is 2.21. The third-order valence-electron chi connectivity index (χ3n) is 3.66. The summed E-state index contributed by atoms with van der Waals surface area (Å²) in [4.78, 5) is 4.68. The van der Waals surface area contributed by atoms with Crippen molar-refractivity contribution in [2.24, 2.45) is 10.9 Å². The van der Waals surface area contributed by atoms with Crippen LogP contribution >= 0.6 is 0 Å². The number of nitrogens with two attached hydrogens (primary N) is 1. The Kier molecular flexibility index (Phi) is 6.29. The average Bonchev–Trinajstić information content (AvgIpc) is 2.35. The summed E-state index contributed by atoms with van der Waals surface area (Å²) >= 11 is 0. The van der Waals surface area contributed by atoms with Gasteiger partial charge < -0.3 is 15.8 Å². The van der Waals surface area contributed by atoms with Crippen LogP contribution < -0.4 is 5.73 Å². The third kappa shape index (κ3) is 4.91. The maximum atomic E-state index is 8.57. The van der Waals surface area contributed by atoms with Gasteiger partial charge in [-0.1, -0.05) is 18.5 Å². The molecule has 17 heavy (non-hydrogen) atoms. The van der Waals surface area contributed by atoms with Gasteiger partial charge in [0, 0.05) is 12.6 Å². The van der Waals surface area contributed by atoms with Gasteiger partial charge in [-0.2, -0.15) is 0 Å². The van der Waals surface area contributed by atoms with Crippen molar-refractivity contribution in [3.05, 3.63) is 0 Å². The Morgan fingerprint density at radius 1 is 1.53 bits per heavy atom. The van der Waals surface area contributed by atoms with E-state index >= 15 is 0 Å². The molecule has 0 aromatic rings. The smallest absolute Gasteiger partial charge is 0.153 e. The van der Waals surface area contributed by atoms with Crippen LogP contribution in [0.4, 0.5) is 0 Å². The highest BCUT2D eigenvalue weighted by atomic mass is 16.4. The van der Waals surface area contributed by atoms with E-state index in [1.54, 1.807) is 0 Å². The average molecular weight is 242 g/mol. The highest BCUT2D eigenvalue weighted by Crippen LogP contribution is 2.17. The Labute approximate surface area is 104 Å². The number of likely N-dealkylation sites (N-methyl/N-ethyl adjacent to an activating group) is 1. The summed E-state index contributed by atoms with van der Waals surface area (Å²) in [6, 6.07) is 0.699. The fourth-order valence-corrected chi connectivity index (χ4v) is 2.45. The van der Waals surface area contributed by atoms with Crippen molar-refractivity contribution in [2.45, 2.75) is 38.6 Å². The monoisotopic (exact) mass is 242 g/mol. The molecular formula is C12H26N4O. The van der Waals surface area contributed by atoms with E-state index in [1.807, 2.05) is 0 Å². The summed E-state index contributed by atoms with van der Waals surface area (Å²) in [5.41, 5.74) is 5.53. The molecule has 1 atom stereocenters. The molecule has 1 unspecified atom stereocenters. The number of piperidine rings is 1. The minimum absolute atomic E-state index is 0.295. The Balaban J connectivity index is 2.31. The first-order chi connectivity index (χ1) is 8.17. The Morgan fingerprint density at radius 2 is 2.29 bits per heavy atom. The topological polar surface area (TPSA) is 65.1 Å². The van der Waals surface area contributed by atoms with Crippen LogP contribution in [0.5, 0.6) is 0 Å². The third-order valence-corrected chi connectivity index (χ3v) is 3.66. The van der Waals surface area contributed by atoms with E-state index in [4.69, 9.17) is 10.9 Å². The Morgan fingerprint density at radius 3 is 2.88 bits per heavy atom. The minimum atomic E-state index is 0.295. The van der Waals surface area contributed by atoms with Gasteiger partial charge >= 0.3 is 0 Å². The van der Waals surface area contributed by atoms with Gasteiger partial charge in [-0.25, -0.2) is 0 Å². The molecule has 3 N–H and O–H groups in total.